The van der Waals surface area contributed by atoms with Crippen LogP contribution in [0.4, 0.5) is 0 Å². The van der Waals surface area contributed by atoms with Crippen LogP contribution in [-0.4, -0.2) is 61.8 Å². The first kappa shape index (κ1) is 17.9. The average Bonchev–Trinajstić information content (AvgIpc) is 2.43. The number of nitrogens with one attached hydrogen (secondary N) is 1. The van der Waals surface area contributed by atoms with Gasteiger partial charge >= 0.3 is 0 Å². The molecule has 1 unspecified atom stereocenters. The molecular formula is C15H28N2O4. The molecule has 0 saturated carbocycles. The highest BCUT2D eigenvalue weighted by Gasteiger charge is 2.45. The van der Waals surface area contributed by atoms with Crippen LogP contribution >= 0.6 is 0 Å². The second-order valence-corrected chi connectivity index (χ2v) is 5.82. The van der Waals surface area contributed by atoms with E-state index in [1.54, 1.807) is 25.9 Å². The summed E-state index contributed by atoms with van der Waals surface area (Å²) in [6, 6.07) is -0.384. The van der Waals surface area contributed by atoms with Gasteiger partial charge in [-0.15, -0.1) is 0 Å². The Morgan fingerprint density at radius 1 is 1.24 bits per heavy atom. The zero-order valence-corrected chi connectivity index (χ0v) is 13.6. The molecule has 0 radical (unpaired) electrons. The number of methoxy groups -OCH3 is 1. The quantitative estimate of drug-likeness (QED) is 0.644. The van der Waals surface area contributed by atoms with Gasteiger partial charge in [-0.1, -0.05) is 13.3 Å². The van der Waals surface area contributed by atoms with Crippen molar-refractivity contribution in [2.75, 3.05) is 33.5 Å². The van der Waals surface area contributed by atoms with Crippen LogP contribution in [0.1, 0.15) is 40.0 Å². The van der Waals surface area contributed by atoms with Crippen LogP contribution in [-0.2, 0) is 19.1 Å². The summed E-state index contributed by atoms with van der Waals surface area (Å²) >= 11 is 0. The van der Waals surface area contributed by atoms with Crippen molar-refractivity contribution in [2.45, 2.75) is 51.6 Å². The summed E-state index contributed by atoms with van der Waals surface area (Å²) < 4.78 is 10.3. The maximum absolute atomic E-state index is 12.5. The van der Waals surface area contributed by atoms with Crippen molar-refractivity contribution < 1.29 is 19.1 Å². The van der Waals surface area contributed by atoms with Gasteiger partial charge in [0.2, 0.25) is 11.8 Å². The van der Waals surface area contributed by atoms with Crippen molar-refractivity contribution in [1.82, 2.24) is 10.2 Å². The number of piperazine rings is 1. The Balaban J connectivity index is 2.54. The average molecular weight is 300 g/mol. The zero-order valence-electron chi connectivity index (χ0n) is 13.6. The van der Waals surface area contributed by atoms with Crippen LogP contribution in [0.25, 0.3) is 0 Å². The van der Waals surface area contributed by atoms with Gasteiger partial charge in [0.1, 0.15) is 11.6 Å². The van der Waals surface area contributed by atoms with Crippen LogP contribution in [0.5, 0.6) is 0 Å². The Labute approximate surface area is 127 Å². The van der Waals surface area contributed by atoms with E-state index >= 15 is 0 Å². The Morgan fingerprint density at radius 3 is 2.57 bits per heavy atom. The fraction of sp³-hybridized carbons (Fsp3) is 0.867. The van der Waals surface area contributed by atoms with Crippen LogP contribution in [0.15, 0.2) is 0 Å². The first-order valence-corrected chi connectivity index (χ1v) is 7.64. The molecule has 6 heteroatoms. The molecule has 122 valence electrons. The van der Waals surface area contributed by atoms with E-state index in [-0.39, 0.29) is 17.9 Å². The van der Waals surface area contributed by atoms with Gasteiger partial charge in [0.05, 0.1) is 13.2 Å². The standard InChI is InChI=1S/C15H28N2O4/c1-5-7-12-13(18)17(15(2,3)14(19)16-12)8-6-9-21-11-10-20-4/h12H,5-11H2,1-4H3,(H,16,19). The van der Waals surface area contributed by atoms with E-state index < -0.39 is 5.54 Å². The number of hydrogen-bond acceptors (Lipinski definition) is 4. The molecule has 0 aliphatic carbocycles. The Bertz CT molecular complexity index is 358. The minimum atomic E-state index is -0.798. The van der Waals surface area contributed by atoms with Crippen molar-refractivity contribution in [2.24, 2.45) is 0 Å². The van der Waals surface area contributed by atoms with Crippen molar-refractivity contribution in [3.8, 4) is 0 Å². The lowest BCUT2D eigenvalue weighted by Crippen LogP contribution is -2.68. The van der Waals surface area contributed by atoms with Gasteiger partial charge in [0.25, 0.3) is 0 Å². The van der Waals surface area contributed by atoms with Gasteiger partial charge in [-0.2, -0.15) is 0 Å². The Morgan fingerprint density at radius 2 is 1.95 bits per heavy atom. The maximum Gasteiger partial charge on any atom is 0.246 e. The number of ether oxygens (including phenoxy) is 2. The summed E-state index contributed by atoms with van der Waals surface area (Å²) in [5.41, 5.74) is -0.798. The number of nitrogens with zero attached hydrogens (tertiary/aromatic N) is 1. The lowest BCUT2D eigenvalue weighted by molar-refractivity contribution is -0.155. The largest absolute Gasteiger partial charge is 0.382 e. The number of hydrogen-bond donors (Lipinski definition) is 1. The summed E-state index contributed by atoms with van der Waals surface area (Å²) in [4.78, 5) is 26.4. The molecule has 1 N–H and O–H groups in total. The molecule has 0 spiro atoms. The van der Waals surface area contributed by atoms with Gasteiger partial charge in [-0.05, 0) is 26.7 Å². The molecule has 1 aliphatic heterocycles. The molecule has 0 aromatic carbocycles. The summed E-state index contributed by atoms with van der Waals surface area (Å²) in [6.45, 7) is 7.78. The maximum atomic E-state index is 12.5. The normalized spacial score (nSPS) is 21.5. The first-order valence-electron chi connectivity index (χ1n) is 7.64. The highest BCUT2D eigenvalue weighted by atomic mass is 16.5. The minimum Gasteiger partial charge on any atom is -0.382 e. The fourth-order valence-corrected chi connectivity index (χ4v) is 2.43. The Hall–Kier alpha value is -1.14. The zero-order chi connectivity index (χ0) is 15.9. The number of carbonyl (C=O) groups is 2. The molecule has 1 aliphatic rings. The van der Waals surface area contributed by atoms with Crippen molar-refractivity contribution in [3.63, 3.8) is 0 Å². The third-order valence-corrected chi connectivity index (χ3v) is 3.78. The number of carbonyl (C=O) groups excluding carboxylic acids is 2. The summed E-state index contributed by atoms with van der Waals surface area (Å²) in [5, 5.41) is 2.83. The van der Waals surface area contributed by atoms with Gasteiger partial charge in [-0.25, -0.2) is 0 Å². The van der Waals surface area contributed by atoms with E-state index in [0.717, 1.165) is 6.42 Å². The monoisotopic (exact) mass is 300 g/mol. The van der Waals surface area contributed by atoms with Crippen molar-refractivity contribution >= 4 is 11.8 Å². The third-order valence-electron chi connectivity index (χ3n) is 3.78. The first-order chi connectivity index (χ1) is 9.95. The van der Waals surface area contributed by atoms with Crippen LogP contribution in [0.2, 0.25) is 0 Å². The van der Waals surface area contributed by atoms with Crippen molar-refractivity contribution in [3.05, 3.63) is 0 Å². The second kappa shape index (κ2) is 8.34. The molecular weight excluding hydrogens is 272 g/mol. The minimum absolute atomic E-state index is 0.0124. The summed E-state index contributed by atoms with van der Waals surface area (Å²) in [5.74, 6) is -0.0702. The van der Waals surface area contributed by atoms with Crippen LogP contribution in [0, 0.1) is 0 Å². The molecule has 0 aromatic heterocycles. The van der Waals surface area contributed by atoms with Gasteiger partial charge in [0.15, 0.2) is 0 Å². The third kappa shape index (κ3) is 4.68. The van der Waals surface area contributed by atoms with E-state index in [4.69, 9.17) is 9.47 Å². The predicted molar refractivity (Wildman–Crippen MR) is 79.9 cm³/mol. The number of rotatable bonds is 9. The molecule has 2 amide bonds. The fourth-order valence-electron chi connectivity index (χ4n) is 2.43. The molecule has 1 heterocycles. The molecule has 0 aromatic rings. The topological polar surface area (TPSA) is 67.9 Å². The summed E-state index contributed by atoms with van der Waals surface area (Å²) in [6.07, 6.45) is 2.26. The summed E-state index contributed by atoms with van der Waals surface area (Å²) in [7, 11) is 1.63. The molecule has 1 saturated heterocycles. The molecule has 21 heavy (non-hydrogen) atoms. The second-order valence-electron chi connectivity index (χ2n) is 5.82. The van der Waals surface area contributed by atoms with E-state index in [1.807, 2.05) is 6.92 Å². The lowest BCUT2D eigenvalue weighted by atomic mass is 9.94. The van der Waals surface area contributed by atoms with Gasteiger partial charge in [-0.3, -0.25) is 9.59 Å². The van der Waals surface area contributed by atoms with Crippen molar-refractivity contribution in [1.29, 1.82) is 0 Å². The molecule has 0 bridgehead atoms. The Kier molecular flexibility index (Phi) is 7.11. The van der Waals surface area contributed by atoms with Gasteiger partial charge < -0.3 is 19.7 Å². The highest BCUT2D eigenvalue weighted by Crippen LogP contribution is 2.22. The van der Waals surface area contributed by atoms with Crippen LogP contribution in [0.3, 0.4) is 0 Å². The van der Waals surface area contributed by atoms with E-state index in [1.165, 1.54) is 0 Å². The van der Waals surface area contributed by atoms with E-state index in [0.29, 0.717) is 39.2 Å². The molecule has 1 atom stereocenters. The van der Waals surface area contributed by atoms with E-state index in [9.17, 15) is 9.59 Å². The predicted octanol–water partition coefficient (Wildman–Crippen LogP) is 0.945. The molecule has 1 fully saturated rings. The molecule has 6 nitrogen and oxygen atoms in total. The highest BCUT2D eigenvalue weighted by molar-refractivity contribution is 5.99. The van der Waals surface area contributed by atoms with Gasteiger partial charge in [0, 0.05) is 20.3 Å². The van der Waals surface area contributed by atoms with Crippen LogP contribution < -0.4 is 5.32 Å². The smallest absolute Gasteiger partial charge is 0.246 e. The SMILES string of the molecule is CCCC1NC(=O)C(C)(C)N(CCCOCCOC)C1=O. The lowest BCUT2D eigenvalue weighted by Gasteiger charge is -2.44. The molecule has 1 rings (SSSR count). The van der Waals surface area contributed by atoms with E-state index in [2.05, 4.69) is 5.32 Å². The number of amides is 2.